The topological polar surface area (TPSA) is 112 Å². The summed E-state index contributed by atoms with van der Waals surface area (Å²) in [6, 6.07) is 7.90. The fraction of sp³-hybridized carbons (Fsp3) is 0.278. The summed E-state index contributed by atoms with van der Waals surface area (Å²) in [4.78, 5) is 28.7. The molecule has 1 aliphatic rings. The minimum Gasteiger partial charge on any atom is -0.496 e. The lowest BCUT2D eigenvalue weighted by atomic mass is 9.95. The highest BCUT2D eigenvalue weighted by Crippen LogP contribution is 2.34. The number of methoxy groups -OCH3 is 2. The van der Waals surface area contributed by atoms with E-state index in [-0.39, 0.29) is 40.1 Å². The summed E-state index contributed by atoms with van der Waals surface area (Å²) in [5.41, 5.74) is 0.603. The number of sulfone groups is 1. The summed E-state index contributed by atoms with van der Waals surface area (Å²) in [5.74, 6) is -1.30. The van der Waals surface area contributed by atoms with Gasteiger partial charge in [0.05, 0.1) is 30.8 Å². The van der Waals surface area contributed by atoms with Crippen molar-refractivity contribution in [3.63, 3.8) is 0 Å². The first-order chi connectivity index (χ1) is 12.9. The quantitative estimate of drug-likeness (QED) is 0.792. The van der Waals surface area contributed by atoms with Crippen LogP contribution in [0.4, 0.5) is 5.82 Å². The van der Waals surface area contributed by atoms with Crippen LogP contribution in [0.1, 0.15) is 28.3 Å². The van der Waals surface area contributed by atoms with E-state index in [2.05, 4.69) is 15.0 Å². The van der Waals surface area contributed by atoms with Crippen LogP contribution in [0.3, 0.4) is 0 Å². The lowest BCUT2D eigenvalue weighted by Gasteiger charge is -2.24. The number of rotatable bonds is 4. The maximum atomic E-state index is 12.7. The number of amides is 1. The number of carbonyl (C=O) groups is 2. The molecule has 2 heterocycles. The first-order valence-electron chi connectivity index (χ1n) is 8.12. The number of carbonyl (C=O) groups excluding carboxylic acids is 2. The molecule has 1 aromatic heterocycles. The molecule has 1 unspecified atom stereocenters. The highest BCUT2D eigenvalue weighted by Gasteiger charge is 2.34. The molecule has 0 aliphatic carbocycles. The smallest absolute Gasteiger partial charge is 0.343 e. The van der Waals surface area contributed by atoms with Gasteiger partial charge in [0.2, 0.25) is 5.91 Å². The Morgan fingerprint density at radius 1 is 1.22 bits per heavy atom. The van der Waals surface area contributed by atoms with E-state index < -0.39 is 21.7 Å². The SMILES string of the molecule is COC(=O)c1cnc(NC(=O)C2CCS(=O)(=O)c3ccccc32)cc1OC. The van der Waals surface area contributed by atoms with Crippen molar-refractivity contribution in [2.45, 2.75) is 17.2 Å². The molecule has 0 radical (unpaired) electrons. The summed E-state index contributed by atoms with van der Waals surface area (Å²) in [6.45, 7) is 0. The number of anilines is 1. The molecule has 0 saturated carbocycles. The normalized spacial score (nSPS) is 17.5. The summed E-state index contributed by atoms with van der Waals surface area (Å²) < 4.78 is 34.2. The van der Waals surface area contributed by atoms with Gasteiger partial charge in [-0.15, -0.1) is 0 Å². The van der Waals surface area contributed by atoms with E-state index in [1.807, 2.05) is 0 Å². The second kappa shape index (κ2) is 7.36. The van der Waals surface area contributed by atoms with Crippen molar-refractivity contribution in [1.29, 1.82) is 0 Å². The number of nitrogens with zero attached hydrogens (tertiary/aromatic N) is 1. The van der Waals surface area contributed by atoms with E-state index in [1.54, 1.807) is 18.2 Å². The predicted molar refractivity (Wildman–Crippen MR) is 96.6 cm³/mol. The Hall–Kier alpha value is -2.94. The minimum atomic E-state index is -3.38. The first-order valence-corrected chi connectivity index (χ1v) is 9.77. The van der Waals surface area contributed by atoms with Crippen molar-refractivity contribution in [3.8, 4) is 5.75 Å². The number of fused-ring (bicyclic) bond motifs is 1. The largest absolute Gasteiger partial charge is 0.496 e. The van der Waals surface area contributed by atoms with Crippen LogP contribution in [-0.2, 0) is 19.4 Å². The Morgan fingerprint density at radius 3 is 2.67 bits per heavy atom. The third kappa shape index (κ3) is 3.63. The highest BCUT2D eigenvalue weighted by atomic mass is 32.2. The molecule has 0 bridgehead atoms. The number of hydrogen-bond donors (Lipinski definition) is 1. The number of ether oxygens (including phenoxy) is 2. The third-order valence-corrected chi connectivity index (χ3v) is 6.18. The van der Waals surface area contributed by atoms with Crippen LogP contribution < -0.4 is 10.1 Å². The van der Waals surface area contributed by atoms with Gasteiger partial charge in [-0.05, 0) is 18.1 Å². The highest BCUT2D eigenvalue weighted by molar-refractivity contribution is 7.91. The molecule has 9 heteroatoms. The van der Waals surface area contributed by atoms with Crippen LogP contribution in [0.25, 0.3) is 0 Å². The van der Waals surface area contributed by atoms with Gasteiger partial charge >= 0.3 is 5.97 Å². The second-order valence-corrected chi connectivity index (χ2v) is 8.03. The molecule has 142 valence electrons. The van der Waals surface area contributed by atoms with E-state index in [1.165, 1.54) is 32.5 Å². The number of pyridine rings is 1. The van der Waals surface area contributed by atoms with Crippen molar-refractivity contribution in [2.24, 2.45) is 0 Å². The molecule has 2 aromatic rings. The average Bonchev–Trinajstić information content (AvgIpc) is 2.67. The summed E-state index contributed by atoms with van der Waals surface area (Å²) >= 11 is 0. The lowest BCUT2D eigenvalue weighted by molar-refractivity contribution is -0.117. The first kappa shape index (κ1) is 18.8. The fourth-order valence-electron chi connectivity index (χ4n) is 3.01. The molecule has 1 aliphatic heterocycles. The zero-order valence-corrected chi connectivity index (χ0v) is 15.6. The Labute approximate surface area is 156 Å². The predicted octanol–water partition coefficient (Wildman–Crippen LogP) is 1.78. The van der Waals surface area contributed by atoms with Crippen LogP contribution >= 0.6 is 0 Å². The molecule has 1 amide bonds. The molecule has 1 aromatic carbocycles. The van der Waals surface area contributed by atoms with Gasteiger partial charge in [0.1, 0.15) is 17.1 Å². The van der Waals surface area contributed by atoms with Gasteiger partial charge < -0.3 is 14.8 Å². The van der Waals surface area contributed by atoms with E-state index in [0.29, 0.717) is 5.56 Å². The van der Waals surface area contributed by atoms with E-state index >= 15 is 0 Å². The Morgan fingerprint density at radius 2 is 1.96 bits per heavy atom. The minimum absolute atomic E-state index is 0.0971. The molecule has 8 nitrogen and oxygen atoms in total. The zero-order chi connectivity index (χ0) is 19.6. The van der Waals surface area contributed by atoms with E-state index in [4.69, 9.17) is 4.74 Å². The Bertz CT molecular complexity index is 1000. The van der Waals surface area contributed by atoms with Gasteiger partial charge in [0.15, 0.2) is 9.84 Å². The molecule has 1 N–H and O–H groups in total. The summed E-state index contributed by atoms with van der Waals surface area (Å²) in [5, 5.41) is 2.66. The van der Waals surface area contributed by atoms with Crippen LogP contribution in [0.15, 0.2) is 41.4 Å². The number of aromatic nitrogens is 1. The van der Waals surface area contributed by atoms with Gasteiger partial charge in [-0.3, -0.25) is 4.79 Å². The third-order valence-electron chi connectivity index (χ3n) is 4.36. The van der Waals surface area contributed by atoms with Gasteiger partial charge in [0.25, 0.3) is 0 Å². The monoisotopic (exact) mass is 390 g/mol. The lowest BCUT2D eigenvalue weighted by Crippen LogP contribution is -2.29. The number of benzene rings is 1. The average molecular weight is 390 g/mol. The maximum Gasteiger partial charge on any atom is 0.343 e. The van der Waals surface area contributed by atoms with E-state index in [0.717, 1.165) is 0 Å². The van der Waals surface area contributed by atoms with Crippen molar-refractivity contribution in [2.75, 3.05) is 25.3 Å². The standard InChI is InChI=1S/C18H18N2O6S/c1-25-14-9-16(19-10-13(14)18(22)26-2)20-17(21)12-7-8-27(23,24)15-6-4-3-5-11(12)15/h3-6,9-10,12H,7-8H2,1-2H3,(H,19,20,21). The van der Waals surface area contributed by atoms with Crippen molar-refractivity contribution in [1.82, 2.24) is 4.98 Å². The Balaban J connectivity index is 1.87. The van der Waals surface area contributed by atoms with Crippen molar-refractivity contribution in [3.05, 3.63) is 47.7 Å². The molecular formula is C18H18N2O6S. The van der Waals surface area contributed by atoms with Gasteiger partial charge in [0, 0.05) is 12.3 Å². The van der Waals surface area contributed by atoms with Crippen LogP contribution in [0.5, 0.6) is 5.75 Å². The molecular weight excluding hydrogens is 372 g/mol. The molecule has 0 fully saturated rings. The molecule has 0 spiro atoms. The number of nitrogens with one attached hydrogen (secondary N) is 1. The molecule has 0 saturated heterocycles. The summed E-state index contributed by atoms with van der Waals surface area (Å²) in [7, 11) is -0.750. The molecule has 27 heavy (non-hydrogen) atoms. The number of esters is 1. The second-order valence-electron chi connectivity index (χ2n) is 5.95. The zero-order valence-electron chi connectivity index (χ0n) is 14.8. The van der Waals surface area contributed by atoms with Gasteiger partial charge in [-0.25, -0.2) is 18.2 Å². The van der Waals surface area contributed by atoms with Gasteiger partial charge in [-0.1, -0.05) is 18.2 Å². The number of hydrogen-bond acceptors (Lipinski definition) is 7. The van der Waals surface area contributed by atoms with Crippen LogP contribution in [0.2, 0.25) is 0 Å². The van der Waals surface area contributed by atoms with Gasteiger partial charge in [-0.2, -0.15) is 0 Å². The van der Waals surface area contributed by atoms with E-state index in [9.17, 15) is 18.0 Å². The fourth-order valence-corrected chi connectivity index (χ4v) is 4.63. The molecule has 1 atom stereocenters. The van der Waals surface area contributed by atoms with Crippen LogP contribution in [-0.4, -0.2) is 45.3 Å². The van der Waals surface area contributed by atoms with Crippen molar-refractivity contribution < 1.29 is 27.5 Å². The summed E-state index contributed by atoms with van der Waals surface area (Å²) in [6.07, 6.45) is 1.43. The van der Waals surface area contributed by atoms with Crippen LogP contribution in [0, 0.1) is 0 Å². The maximum absolute atomic E-state index is 12.7. The molecule has 3 rings (SSSR count). The van der Waals surface area contributed by atoms with Crippen molar-refractivity contribution >= 4 is 27.5 Å². The Kier molecular flexibility index (Phi) is 5.13.